The van der Waals surface area contributed by atoms with Crippen molar-refractivity contribution in [3.8, 4) is 0 Å². The summed E-state index contributed by atoms with van der Waals surface area (Å²) in [5, 5.41) is 4.36. The molecule has 1 spiro atoms. The molecular formula is C20H22N4. The van der Waals surface area contributed by atoms with Crippen molar-refractivity contribution in [2.75, 3.05) is 13.1 Å². The van der Waals surface area contributed by atoms with Crippen LogP contribution in [0.25, 0.3) is 5.65 Å². The van der Waals surface area contributed by atoms with Crippen LogP contribution in [0.4, 0.5) is 0 Å². The van der Waals surface area contributed by atoms with Gasteiger partial charge in [0.25, 0.3) is 0 Å². The number of hydrogen-bond donors (Lipinski definition) is 0. The lowest BCUT2D eigenvalue weighted by Gasteiger charge is -2.40. The highest BCUT2D eigenvalue weighted by Gasteiger charge is 2.40. The normalized spacial score (nSPS) is 19.8. The summed E-state index contributed by atoms with van der Waals surface area (Å²) < 4.78 is 1.97. The molecule has 1 aliphatic heterocycles. The van der Waals surface area contributed by atoms with Crippen LogP contribution in [0.5, 0.6) is 0 Å². The number of aromatic nitrogens is 3. The lowest BCUT2D eigenvalue weighted by atomic mass is 9.74. The third-order valence-electron chi connectivity index (χ3n) is 6.04. The van der Waals surface area contributed by atoms with Crippen molar-refractivity contribution >= 4 is 5.65 Å². The number of likely N-dealkylation sites (tertiary alicyclic amines) is 1. The van der Waals surface area contributed by atoms with Gasteiger partial charge in [0, 0.05) is 6.54 Å². The SMILES string of the molecule is c1ccc2c(c1)CCC21CCN(Cc2cccc3ncnn23)CC1. The predicted molar refractivity (Wildman–Crippen MR) is 93.9 cm³/mol. The number of fused-ring (bicyclic) bond motifs is 3. The van der Waals surface area contributed by atoms with Crippen LogP contribution in [0, 0.1) is 0 Å². The molecule has 3 aromatic rings. The zero-order chi connectivity index (χ0) is 16.0. The third kappa shape index (κ3) is 2.17. The molecule has 0 atom stereocenters. The van der Waals surface area contributed by atoms with Gasteiger partial charge in [-0.15, -0.1) is 0 Å². The first-order chi connectivity index (χ1) is 11.8. The number of benzene rings is 1. The molecule has 1 fully saturated rings. The van der Waals surface area contributed by atoms with Gasteiger partial charge < -0.3 is 0 Å². The molecule has 1 aliphatic carbocycles. The van der Waals surface area contributed by atoms with Crippen molar-refractivity contribution < 1.29 is 0 Å². The summed E-state index contributed by atoms with van der Waals surface area (Å²) in [5.74, 6) is 0. The summed E-state index contributed by atoms with van der Waals surface area (Å²) in [6, 6.07) is 15.3. The topological polar surface area (TPSA) is 33.4 Å². The third-order valence-corrected chi connectivity index (χ3v) is 6.04. The zero-order valence-corrected chi connectivity index (χ0v) is 13.9. The van der Waals surface area contributed by atoms with E-state index >= 15 is 0 Å². The van der Waals surface area contributed by atoms with E-state index in [1.165, 1.54) is 44.5 Å². The predicted octanol–water partition coefficient (Wildman–Crippen LogP) is 3.21. The Kier molecular flexibility index (Phi) is 3.20. The summed E-state index contributed by atoms with van der Waals surface area (Å²) in [5.41, 5.74) is 5.81. The molecule has 3 heterocycles. The van der Waals surface area contributed by atoms with Crippen molar-refractivity contribution in [3.63, 3.8) is 0 Å². The Morgan fingerprint density at radius 3 is 2.75 bits per heavy atom. The highest BCUT2D eigenvalue weighted by molar-refractivity contribution is 5.40. The number of hydrogen-bond acceptors (Lipinski definition) is 3. The highest BCUT2D eigenvalue weighted by atomic mass is 15.3. The fraction of sp³-hybridized carbons (Fsp3) is 0.400. The summed E-state index contributed by atoms with van der Waals surface area (Å²) in [4.78, 5) is 6.86. The second-order valence-corrected chi connectivity index (χ2v) is 7.26. The first-order valence-corrected chi connectivity index (χ1v) is 8.93. The summed E-state index contributed by atoms with van der Waals surface area (Å²) >= 11 is 0. The fourth-order valence-electron chi connectivity index (χ4n) is 4.67. The Bertz CT molecular complexity index is 874. The number of rotatable bonds is 2. The Labute approximate surface area is 142 Å². The first-order valence-electron chi connectivity index (χ1n) is 8.93. The molecule has 4 nitrogen and oxygen atoms in total. The maximum atomic E-state index is 4.36. The largest absolute Gasteiger partial charge is 0.297 e. The molecule has 0 amide bonds. The Morgan fingerprint density at radius 2 is 1.83 bits per heavy atom. The minimum Gasteiger partial charge on any atom is -0.297 e. The molecule has 5 rings (SSSR count). The lowest BCUT2D eigenvalue weighted by molar-refractivity contribution is 0.150. The van der Waals surface area contributed by atoms with Crippen LogP contribution in [0.15, 0.2) is 48.8 Å². The monoisotopic (exact) mass is 318 g/mol. The van der Waals surface area contributed by atoms with Gasteiger partial charge in [0.15, 0.2) is 5.65 Å². The van der Waals surface area contributed by atoms with Crippen LogP contribution < -0.4 is 0 Å². The standard InChI is InChI=1S/C20H22N4/c1-2-6-18-16(4-1)8-9-20(18)10-12-23(13-11-20)14-17-5-3-7-19-21-15-22-24(17)19/h1-7,15H,8-14H2. The molecule has 1 aromatic carbocycles. The van der Waals surface area contributed by atoms with E-state index < -0.39 is 0 Å². The van der Waals surface area contributed by atoms with Crippen LogP contribution in [-0.2, 0) is 18.4 Å². The molecule has 0 bridgehead atoms. The van der Waals surface area contributed by atoms with E-state index in [2.05, 4.69) is 51.4 Å². The second kappa shape index (κ2) is 5.42. The summed E-state index contributed by atoms with van der Waals surface area (Å²) in [6.07, 6.45) is 6.78. The second-order valence-electron chi connectivity index (χ2n) is 7.26. The lowest BCUT2D eigenvalue weighted by Crippen LogP contribution is -2.41. The Balaban J connectivity index is 1.34. The molecule has 24 heavy (non-hydrogen) atoms. The van der Waals surface area contributed by atoms with E-state index in [1.807, 2.05) is 10.6 Å². The fourth-order valence-corrected chi connectivity index (χ4v) is 4.67. The molecule has 122 valence electrons. The van der Waals surface area contributed by atoms with Crippen LogP contribution in [-0.4, -0.2) is 32.6 Å². The van der Waals surface area contributed by atoms with E-state index in [0.717, 1.165) is 12.2 Å². The molecular weight excluding hydrogens is 296 g/mol. The molecule has 1 saturated heterocycles. The van der Waals surface area contributed by atoms with Crippen LogP contribution in [0.1, 0.15) is 36.1 Å². The highest BCUT2D eigenvalue weighted by Crippen LogP contribution is 2.46. The van der Waals surface area contributed by atoms with Gasteiger partial charge in [0.2, 0.25) is 0 Å². The number of nitrogens with zero attached hydrogens (tertiary/aromatic N) is 4. The van der Waals surface area contributed by atoms with Crippen molar-refractivity contribution in [1.29, 1.82) is 0 Å². The quantitative estimate of drug-likeness (QED) is 0.727. The van der Waals surface area contributed by atoms with Gasteiger partial charge in [-0.1, -0.05) is 30.3 Å². The summed E-state index contributed by atoms with van der Waals surface area (Å²) in [7, 11) is 0. The maximum absolute atomic E-state index is 4.36. The Morgan fingerprint density at radius 1 is 0.958 bits per heavy atom. The van der Waals surface area contributed by atoms with Gasteiger partial charge in [-0.2, -0.15) is 5.10 Å². The van der Waals surface area contributed by atoms with Crippen molar-refractivity contribution in [3.05, 3.63) is 65.6 Å². The van der Waals surface area contributed by atoms with Gasteiger partial charge in [-0.05, 0) is 67.4 Å². The van der Waals surface area contributed by atoms with Crippen LogP contribution in [0.3, 0.4) is 0 Å². The van der Waals surface area contributed by atoms with Crippen molar-refractivity contribution in [2.45, 2.75) is 37.6 Å². The van der Waals surface area contributed by atoms with E-state index in [0.29, 0.717) is 5.41 Å². The average Bonchev–Trinajstić information content (AvgIpc) is 3.24. The first kappa shape index (κ1) is 14.2. The van der Waals surface area contributed by atoms with E-state index in [9.17, 15) is 0 Å². The van der Waals surface area contributed by atoms with Gasteiger partial charge in [-0.25, -0.2) is 9.50 Å². The molecule has 0 saturated carbocycles. The Hall–Kier alpha value is -2.20. The molecule has 2 aliphatic rings. The minimum atomic E-state index is 0.437. The maximum Gasteiger partial charge on any atom is 0.155 e. The van der Waals surface area contributed by atoms with Gasteiger partial charge in [-0.3, -0.25) is 4.90 Å². The minimum absolute atomic E-state index is 0.437. The molecule has 0 N–H and O–H groups in total. The number of piperidine rings is 1. The number of pyridine rings is 1. The molecule has 2 aromatic heterocycles. The van der Waals surface area contributed by atoms with Crippen molar-refractivity contribution in [2.24, 2.45) is 0 Å². The molecule has 0 unspecified atom stereocenters. The van der Waals surface area contributed by atoms with E-state index in [4.69, 9.17) is 0 Å². The smallest absolute Gasteiger partial charge is 0.155 e. The van der Waals surface area contributed by atoms with Gasteiger partial charge >= 0.3 is 0 Å². The average molecular weight is 318 g/mol. The van der Waals surface area contributed by atoms with E-state index in [1.54, 1.807) is 17.5 Å². The van der Waals surface area contributed by atoms with E-state index in [-0.39, 0.29) is 0 Å². The van der Waals surface area contributed by atoms with Gasteiger partial charge in [0.1, 0.15) is 6.33 Å². The van der Waals surface area contributed by atoms with Crippen LogP contribution >= 0.6 is 0 Å². The van der Waals surface area contributed by atoms with Crippen LogP contribution in [0.2, 0.25) is 0 Å². The molecule has 4 heteroatoms. The zero-order valence-electron chi connectivity index (χ0n) is 13.9. The van der Waals surface area contributed by atoms with Crippen molar-refractivity contribution in [1.82, 2.24) is 19.5 Å². The summed E-state index contributed by atoms with van der Waals surface area (Å²) in [6.45, 7) is 3.29. The van der Waals surface area contributed by atoms with Gasteiger partial charge in [0.05, 0.1) is 5.69 Å². The molecule has 0 radical (unpaired) electrons. The number of aryl methyl sites for hydroxylation is 1.